The third-order valence-electron chi connectivity index (χ3n) is 4.36. The minimum atomic E-state index is -3.74. The van der Waals surface area contributed by atoms with E-state index in [1.165, 1.54) is 19.2 Å². The molecule has 6 heteroatoms. The minimum absolute atomic E-state index is 0.00890. The number of carbonyl (C=O) groups excluding carboxylic acids is 1. The summed E-state index contributed by atoms with van der Waals surface area (Å²) in [6, 6.07) is 16.8. The molecule has 1 aliphatic carbocycles. The number of ether oxygens (including phenoxy) is 2. The first-order valence-corrected chi connectivity index (χ1v) is 9.94. The maximum Gasteiger partial charge on any atom is 0.339 e. The molecule has 2 aromatic rings. The Balaban J connectivity index is 2.00. The van der Waals surface area contributed by atoms with Crippen molar-refractivity contribution in [3.05, 3.63) is 84.0 Å². The third kappa shape index (κ3) is 3.86. The molecule has 0 aromatic heterocycles. The van der Waals surface area contributed by atoms with E-state index in [0.29, 0.717) is 16.9 Å². The van der Waals surface area contributed by atoms with Gasteiger partial charge in [-0.1, -0.05) is 48.6 Å². The molecule has 0 bridgehead atoms. The summed E-state index contributed by atoms with van der Waals surface area (Å²) in [5, 5.41) is -1.00. The molecule has 0 spiro atoms. The first-order chi connectivity index (χ1) is 12.9. The van der Waals surface area contributed by atoms with E-state index in [1.54, 1.807) is 42.5 Å². The summed E-state index contributed by atoms with van der Waals surface area (Å²) in [5.41, 5.74) is 1.11. The number of rotatable bonds is 6. The van der Waals surface area contributed by atoms with E-state index in [0.717, 1.165) is 0 Å². The van der Waals surface area contributed by atoms with E-state index in [1.807, 2.05) is 6.07 Å². The predicted molar refractivity (Wildman–Crippen MR) is 102 cm³/mol. The lowest BCUT2D eigenvalue weighted by Crippen LogP contribution is -2.25. The SMILES string of the molecule is C=C1CC(C(=O)Oc2ccccc2)=C(COC)C1S(=O)(=O)c1ccccc1. The van der Waals surface area contributed by atoms with Gasteiger partial charge in [0.2, 0.25) is 0 Å². The molecule has 1 unspecified atom stereocenters. The zero-order valence-electron chi connectivity index (χ0n) is 14.9. The van der Waals surface area contributed by atoms with Crippen LogP contribution < -0.4 is 4.74 Å². The standard InChI is InChI=1S/C21H20O5S/c1-15-13-18(21(22)26-16-9-5-3-6-10-16)19(14-25-2)20(15)27(23,24)17-11-7-4-8-12-17/h3-12,20H,1,13-14H2,2H3. The van der Waals surface area contributed by atoms with Crippen molar-refractivity contribution in [2.24, 2.45) is 0 Å². The lowest BCUT2D eigenvalue weighted by Gasteiger charge is -2.17. The van der Waals surface area contributed by atoms with Crippen molar-refractivity contribution in [3.8, 4) is 5.75 Å². The lowest BCUT2D eigenvalue weighted by atomic mass is 10.1. The highest BCUT2D eigenvalue weighted by atomic mass is 32.2. The van der Waals surface area contributed by atoms with Gasteiger partial charge in [-0.25, -0.2) is 13.2 Å². The van der Waals surface area contributed by atoms with Crippen molar-refractivity contribution in [1.82, 2.24) is 0 Å². The molecule has 0 amide bonds. The molecule has 0 fully saturated rings. The van der Waals surface area contributed by atoms with Crippen LogP contribution in [-0.4, -0.2) is 33.4 Å². The normalized spacial score (nSPS) is 17.2. The van der Waals surface area contributed by atoms with Crippen molar-refractivity contribution < 1.29 is 22.7 Å². The highest BCUT2D eigenvalue weighted by Crippen LogP contribution is 2.38. The smallest absolute Gasteiger partial charge is 0.339 e. The second kappa shape index (κ2) is 7.90. The van der Waals surface area contributed by atoms with Crippen molar-refractivity contribution in [2.75, 3.05) is 13.7 Å². The summed E-state index contributed by atoms with van der Waals surface area (Å²) in [5.74, 6) is -0.188. The number of carbonyl (C=O) groups is 1. The van der Waals surface area contributed by atoms with Gasteiger partial charge in [-0.15, -0.1) is 0 Å². The number of methoxy groups -OCH3 is 1. The van der Waals surface area contributed by atoms with Gasteiger partial charge >= 0.3 is 5.97 Å². The molecule has 140 valence electrons. The number of para-hydroxylation sites is 1. The highest BCUT2D eigenvalue weighted by Gasteiger charge is 2.41. The average molecular weight is 384 g/mol. The molecule has 0 saturated heterocycles. The Hall–Kier alpha value is -2.70. The zero-order chi connectivity index (χ0) is 19.4. The Labute approximate surface area is 158 Å². The molecule has 3 rings (SSSR count). The summed E-state index contributed by atoms with van der Waals surface area (Å²) in [6.07, 6.45) is 0.140. The second-order valence-corrected chi connectivity index (χ2v) is 8.25. The van der Waals surface area contributed by atoms with E-state index in [9.17, 15) is 13.2 Å². The molecule has 0 aliphatic heterocycles. The fourth-order valence-electron chi connectivity index (χ4n) is 3.17. The van der Waals surface area contributed by atoms with Gasteiger partial charge in [0.25, 0.3) is 0 Å². The molecular weight excluding hydrogens is 364 g/mol. The largest absolute Gasteiger partial charge is 0.423 e. The fraction of sp³-hybridized carbons (Fsp3) is 0.190. The number of hydrogen-bond acceptors (Lipinski definition) is 5. The molecule has 1 aliphatic rings. The van der Waals surface area contributed by atoms with Gasteiger partial charge < -0.3 is 9.47 Å². The van der Waals surface area contributed by atoms with Crippen LogP contribution in [0.1, 0.15) is 6.42 Å². The monoisotopic (exact) mass is 384 g/mol. The summed E-state index contributed by atoms with van der Waals surface area (Å²) in [4.78, 5) is 12.9. The van der Waals surface area contributed by atoms with E-state index >= 15 is 0 Å². The Morgan fingerprint density at radius 3 is 2.26 bits per heavy atom. The van der Waals surface area contributed by atoms with Crippen LogP contribution in [0.4, 0.5) is 0 Å². The van der Waals surface area contributed by atoms with Gasteiger partial charge in [0, 0.05) is 19.1 Å². The van der Waals surface area contributed by atoms with E-state index < -0.39 is 21.1 Å². The Morgan fingerprint density at radius 1 is 1.07 bits per heavy atom. The first kappa shape index (κ1) is 19.1. The number of sulfone groups is 1. The quantitative estimate of drug-likeness (QED) is 0.434. The minimum Gasteiger partial charge on any atom is -0.423 e. The van der Waals surface area contributed by atoms with Crippen LogP contribution in [0.25, 0.3) is 0 Å². The second-order valence-electron chi connectivity index (χ2n) is 6.21. The number of esters is 1. The fourth-order valence-corrected chi connectivity index (χ4v) is 5.09. The van der Waals surface area contributed by atoms with Crippen molar-refractivity contribution in [2.45, 2.75) is 16.6 Å². The van der Waals surface area contributed by atoms with E-state index in [2.05, 4.69) is 6.58 Å². The molecular formula is C21H20O5S. The van der Waals surface area contributed by atoms with Crippen LogP contribution >= 0.6 is 0 Å². The van der Waals surface area contributed by atoms with Gasteiger partial charge in [-0.3, -0.25) is 0 Å². The van der Waals surface area contributed by atoms with Gasteiger partial charge in [-0.2, -0.15) is 0 Å². The molecule has 1 atom stereocenters. The van der Waals surface area contributed by atoms with Crippen molar-refractivity contribution >= 4 is 15.8 Å². The Morgan fingerprint density at radius 2 is 1.67 bits per heavy atom. The topological polar surface area (TPSA) is 69.7 Å². The summed E-state index contributed by atoms with van der Waals surface area (Å²) in [7, 11) is -2.28. The molecule has 0 heterocycles. The van der Waals surface area contributed by atoms with E-state index in [4.69, 9.17) is 9.47 Å². The highest BCUT2D eigenvalue weighted by molar-refractivity contribution is 7.92. The third-order valence-corrected chi connectivity index (χ3v) is 6.53. The summed E-state index contributed by atoms with van der Waals surface area (Å²) < 4.78 is 36.9. The van der Waals surface area contributed by atoms with Crippen LogP contribution in [0.5, 0.6) is 5.75 Å². The van der Waals surface area contributed by atoms with Gasteiger partial charge in [0.15, 0.2) is 9.84 Å². The maximum absolute atomic E-state index is 13.2. The summed E-state index contributed by atoms with van der Waals surface area (Å²) >= 11 is 0. The molecule has 0 saturated carbocycles. The first-order valence-electron chi connectivity index (χ1n) is 8.40. The maximum atomic E-state index is 13.2. The van der Waals surface area contributed by atoms with Crippen LogP contribution in [0.15, 0.2) is 88.9 Å². The lowest BCUT2D eigenvalue weighted by molar-refractivity contribution is -0.130. The van der Waals surface area contributed by atoms with Crippen LogP contribution in [0, 0.1) is 0 Å². The average Bonchev–Trinajstić information content (AvgIpc) is 3.00. The van der Waals surface area contributed by atoms with Crippen LogP contribution in [0.2, 0.25) is 0 Å². The van der Waals surface area contributed by atoms with Crippen molar-refractivity contribution in [1.29, 1.82) is 0 Å². The molecule has 5 nitrogen and oxygen atoms in total. The van der Waals surface area contributed by atoms with Gasteiger partial charge in [0.05, 0.1) is 11.5 Å². The molecule has 27 heavy (non-hydrogen) atoms. The zero-order valence-corrected chi connectivity index (χ0v) is 15.7. The molecule has 2 aromatic carbocycles. The van der Waals surface area contributed by atoms with Crippen LogP contribution in [-0.2, 0) is 19.4 Å². The van der Waals surface area contributed by atoms with E-state index in [-0.39, 0.29) is 23.5 Å². The summed E-state index contributed by atoms with van der Waals surface area (Å²) in [6.45, 7) is 3.92. The molecule has 0 radical (unpaired) electrons. The molecule has 0 N–H and O–H groups in total. The predicted octanol–water partition coefficient (Wildman–Crippen LogP) is 3.34. The van der Waals surface area contributed by atoms with Crippen LogP contribution in [0.3, 0.4) is 0 Å². The number of benzene rings is 2. The Kier molecular flexibility index (Phi) is 5.58. The number of hydrogen-bond donors (Lipinski definition) is 0. The van der Waals surface area contributed by atoms with Gasteiger partial charge in [-0.05, 0) is 29.8 Å². The Bertz CT molecular complexity index is 976. The van der Waals surface area contributed by atoms with Crippen molar-refractivity contribution in [3.63, 3.8) is 0 Å². The van der Waals surface area contributed by atoms with Gasteiger partial charge in [0.1, 0.15) is 11.0 Å².